The maximum absolute atomic E-state index is 11.9. The van der Waals surface area contributed by atoms with Gasteiger partial charge in [0.05, 0.1) is 0 Å². The molecule has 0 spiro atoms. The Hall–Kier alpha value is -1.95. The van der Waals surface area contributed by atoms with Crippen molar-refractivity contribution in [2.45, 2.75) is 13.5 Å². The van der Waals surface area contributed by atoms with Gasteiger partial charge >= 0.3 is 11.8 Å². The Balaban J connectivity index is 1.87. The Bertz CT molecular complexity index is 469. The number of piperazine rings is 1. The third-order valence-electron chi connectivity index (χ3n) is 3.17. The second kappa shape index (κ2) is 6.29. The van der Waals surface area contributed by atoms with Gasteiger partial charge < -0.3 is 15.5 Å². The number of pyridine rings is 1. The Morgan fingerprint density at radius 1 is 1.42 bits per heavy atom. The zero-order valence-electron chi connectivity index (χ0n) is 11.0. The quantitative estimate of drug-likeness (QED) is 0.701. The van der Waals surface area contributed by atoms with Crippen LogP contribution in [0.5, 0.6) is 0 Å². The number of aromatic nitrogens is 1. The number of aryl methyl sites for hydroxylation is 1. The van der Waals surface area contributed by atoms with Crippen molar-refractivity contribution >= 4 is 11.8 Å². The average Bonchev–Trinajstić information content (AvgIpc) is 2.46. The summed E-state index contributed by atoms with van der Waals surface area (Å²) in [7, 11) is 0. The molecule has 1 saturated heterocycles. The van der Waals surface area contributed by atoms with E-state index in [4.69, 9.17) is 0 Å². The van der Waals surface area contributed by atoms with Crippen molar-refractivity contribution < 1.29 is 9.59 Å². The van der Waals surface area contributed by atoms with E-state index >= 15 is 0 Å². The summed E-state index contributed by atoms with van der Waals surface area (Å²) in [5, 5.41) is 5.80. The lowest BCUT2D eigenvalue weighted by molar-refractivity contribution is -0.146. The van der Waals surface area contributed by atoms with Crippen LogP contribution in [0, 0.1) is 6.92 Å². The lowest BCUT2D eigenvalue weighted by Gasteiger charge is -2.26. The Kier molecular flexibility index (Phi) is 4.46. The van der Waals surface area contributed by atoms with Crippen LogP contribution in [0.3, 0.4) is 0 Å². The molecule has 0 bridgehead atoms. The van der Waals surface area contributed by atoms with Gasteiger partial charge in [-0.15, -0.1) is 0 Å². The molecule has 2 heterocycles. The van der Waals surface area contributed by atoms with Crippen molar-refractivity contribution in [1.82, 2.24) is 20.5 Å². The van der Waals surface area contributed by atoms with Gasteiger partial charge in [0.25, 0.3) is 0 Å². The Labute approximate surface area is 112 Å². The number of amides is 2. The van der Waals surface area contributed by atoms with E-state index in [-0.39, 0.29) is 0 Å². The van der Waals surface area contributed by atoms with Gasteiger partial charge in [0.1, 0.15) is 0 Å². The molecule has 102 valence electrons. The van der Waals surface area contributed by atoms with Gasteiger partial charge in [0.2, 0.25) is 0 Å². The summed E-state index contributed by atoms with van der Waals surface area (Å²) in [4.78, 5) is 29.2. The lowest BCUT2D eigenvalue weighted by atomic mass is 10.1. The molecule has 0 aromatic carbocycles. The average molecular weight is 262 g/mol. The molecule has 1 aliphatic rings. The second-order valence-corrected chi connectivity index (χ2v) is 4.53. The normalized spacial score (nSPS) is 15.1. The number of nitrogens with one attached hydrogen (secondary N) is 2. The van der Waals surface area contributed by atoms with Crippen LogP contribution >= 0.6 is 0 Å². The summed E-state index contributed by atoms with van der Waals surface area (Å²) >= 11 is 0. The predicted octanol–water partition coefficient (Wildman–Crippen LogP) is -0.562. The lowest BCUT2D eigenvalue weighted by Crippen LogP contribution is -2.51. The highest BCUT2D eigenvalue weighted by atomic mass is 16.2. The molecule has 2 amide bonds. The van der Waals surface area contributed by atoms with E-state index in [0.29, 0.717) is 19.6 Å². The van der Waals surface area contributed by atoms with Crippen molar-refractivity contribution in [1.29, 1.82) is 0 Å². The largest absolute Gasteiger partial charge is 0.344 e. The van der Waals surface area contributed by atoms with E-state index in [1.54, 1.807) is 17.3 Å². The van der Waals surface area contributed by atoms with E-state index in [1.165, 1.54) is 0 Å². The first kappa shape index (κ1) is 13.5. The van der Waals surface area contributed by atoms with Crippen LogP contribution in [0.15, 0.2) is 18.5 Å². The summed E-state index contributed by atoms with van der Waals surface area (Å²) in [5.41, 5.74) is 1.97. The molecule has 1 fully saturated rings. The van der Waals surface area contributed by atoms with E-state index in [1.807, 2.05) is 13.0 Å². The summed E-state index contributed by atoms with van der Waals surface area (Å²) in [6.45, 7) is 4.92. The van der Waals surface area contributed by atoms with E-state index in [2.05, 4.69) is 15.6 Å². The summed E-state index contributed by atoms with van der Waals surface area (Å²) < 4.78 is 0. The standard InChI is InChI=1S/C13H18N4O2/c1-10-8-15-3-2-11(10)9-16-12(18)13(19)17-6-4-14-5-7-17/h2-3,8,14H,4-7,9H2,1H3,(H,16,18). The number of hydrogen-bond acceptors (Lipinski definition) is 4. The molecule has 0 aliphatic carbocycles. The minimum atomic E-state index is -0.543. The van der Waals surface area contributed by atoms with Crippen LogP contribution < -0.4 is 10.6 Å². The highest BCUT2D eigenvalue weighted by molar-refractivity contribution is 6.35. The fourth-order valence-electron chi connectivity index (χ4n) is 1.96. The smallest absolute Gasteiger partial charge is 0.311 e. The fourth-order valence-corrected chi connectivity index (χ4v) is 1.96. The van der Waals surface area contributed by atoms with Gasteiger partial charge in [-0.25, -0.2) is 0 Å². The van der Waals surface area contributed by atoms with Crippen LogP contribution in [-0.2, 0) is 16.1 Å². The zero-order chi connectivity index (χ0) is 13.7. The van der Waals surface area contributed by atoms with E-state index in [9.17, 15) is 9.59 Å². The molecule has 2 rings (SSSR count). The highest BCUT2D eigenvalue weighted by Gasteiger charge is 2.22. The molecule has 6 nitrogen and oxygen atoms in total. The van der Waals surface area contributed by atoms with Crippen molar-refractivity contribution in [3.05, 3.63) is 29.6 Å². The van der Waals surface area contributed by atoms with Crippen molar-refractivity contribution in [2.75, 3.05) is 26.2 Å². The third kappa shape index (κ3) is 3.51. The molecule has 2 N–H and O–H groups in total. The molecule has 1 aliphatic heterocycles. The summed E-state index contributed by atoms with van der Waals surface area (Å²) in [6.07, 6.45) is 3.41. The molecule has 19 heavy (non-hydrogen) atoms. The molecular formula is C13H18N4O2. The van der Waals surface area contributed by atoms with Gasteiger partial charge in [-0.05, 0) is 24.1 Å². The number of carbonyl (C=O) groups is 2. The summed E-state index contributed by atoms with van der Waals surface area (Å²) in [5.74, 6) is -0.994. The summed E-state index contributed by atoms with van der Waals surface area (Å²) in [6, 6.07) is 1.84. The molecule has 0 atom stereocenters. The van der Waals surface area contributed by atoms with Gasteiger partial charge in [-0.3, -0.25) is 14.6 Å². The molecule has 0 radical (unpaired) electrons. The zero-order valence-corrected chi connectivity index (χ0v) is 11.0. The Morgan fingerprint density at radius 3 is 2.84 bits per heavy atom. The number of rotatable bonds is 2. The Morgan fingerprint density at radius 2 is 2.16 bits per heavy atom. The van der Waals surface area contributed by atoms with Gasteiger partial charge in [-0.2, -0.15) is 0 Å². The van der Waals surface area contributed by atoms with E-state index < -0.39 is 11.8 Å². The monoisotopic (exact) mass is 262 g/mol. The number of nitrogens with zero attached hydrogens (tertiary/aromatic N) is 2. The predicted molar refractivity (Wildman–Crippen MR) is 70.3 cm³/mol. The molecule has 1 aromatic rings. The first-order chi connectivity index (χ1) is 9.18. The van der Waals surface area contributed by atoms with Crippen LogP contribution in [-0.4, -0.2) is 47.9 Å². The second-order valence-electron chi connectivity index (χ2n) is 4.53. The van der Waals surface area contributed by atoms with Crippen molar-refractivity contribution in [2.24, 2.45) is 0 Å². The van der Waals surface area contributed by atoms with Crippen LogP contribution in [0.1, 0.15) is 11.1 Å². The third-order valence-corrected chi connectivity index (χ3v) is 3.17. The van der Waals surface area contributed by atoms with Gasteiger partial charge in [0, 0.05) is 45.1 Å². The maximum Gasteiger partial charge on any atom is 0.311 e. The van der Waals surface area contributed by atoms with Gasteiger partial charge in [0.15, 0.2) is 0 Å². The number of carbonyl (C=O) groups excluding carboxylic acids is 2. The highest BCUT2D eigenvalue weighted by Crippen LogP contribution is 2.04. The minimum absolute atomic E-state index is 0.352. The molecule has 6 heteroatoms. The van der Waals surface area contributed by atoms with Crippen molar-refractivity contribution in [3.63, 3.8) is 0 Å². The first-order valence-corrected chi connectivity index (χ1v) is 6.36. The van der Waals surface area contributed by atoms with Crippen LogP contribution in [0.4, 0.5) is 0 Å². The topological polar surface area (TPSA) is 74.3 Å². The van der Waals surface area contributed by atoms with E-state index in [0.717, 1.165) is 24.2 Å². The van der Waals surface area contributed by atoms with Gasteiger partial charge in [-0.1, -0.05) is 0 Å². The van der Waals surface area contributed by atoms with Crippen LogP contribution in [0.2, 0.25) is 0 Å². The maximum atomic E-state index is 11.9. The first-order valence-electron chi connectivity index (χ1n) is 6.36. The fraction of sp³-hybridized carbons (Fsp3) is 0.462. The molecule has 0 unspecified atom stereocenters. The SMILES string of the molecule is Cc1cnccc1CNC(=O)C(=O)N1CCNCC1. The molecule has 0 saturated carbocycles. The minimum Gasteiger partial charge on any atom is -0.344 e. The molecular weight excluding hydrogens is 244 g/mol. The molecule has 1 aromatic heterocycles. The van der Waals surface area contributed by atoms with Crippen LogP contribution in [0.25, 0.3) is 0 Å². The van der Waals surface area contributed by atoms with Crippen molar-refractivity contribution in [3.8, 4) is 0 Å². The number of hydrogen-bond donors (Lipinski definition) is 2.